The molecule has 0 fully saturated rings. The van der Waals surface area contributed by atoms with Gasteiger partial charge >= 0.3 is 6.18 Å². The standard InChI is InChI=1S/C21H18F3N3S/c1-3-13-25-28-18-6-4-5-17(11-12-18)27-19(14-20(26-27)21(22,23)24)16-9-7-15(2)8-10-16/h1,4-5,7-12,14,25H,6,13H2,2H3. The number of allylic oxidation sites excluding steroid dienone is 6. The summed E-state index contributed by atoms with van der Waals surface area (Å²) < 4.78 is 44.2. The van der Waals surface area contributed by atoms with E-state index in [-0.39, 0.29) is 0 Å². The summed E-state index contributed by atoms with van der Waals surface area (Å²) in [5.41, 5.74) is 1.72. The van der Waals surface area contributed by atoms with E-state index in [1.165, 1.54) is 16.6 Å². The van der Waals surface area contributed by atoms with Gasteiger partial charge in [-0.15, -0.1) is 6.42 Å². The molecule has 1 aliphatic carbocycles. The lowest BCUT2D eigenvalue weighted by atomic mass is 10.1. The summed E-state index contributed by atoms with van der Waals surface area (Å²) in [5.74, 6) is 2.49. The van der Waals surface area contributed by atoms with Crippen LogP contribution in [0.3, 0.4) is 0 Å². The van der Waals surface area contributed by atoms with Crippen molar-refractivity contribution in [3.63, 3.8) is 0 Å². The fourth-order valence-corrected chi connectivity index (χ4v) is 3.29. The van der Waals surface area contributed by atoms with E-state index in [0.29, 0.717) is 29.9 Å². The lowest BCUT2D eigenvalue weighted by molar-refractivity contribution is -0.141. The molecule has 0 aliphatic heterocycles. The molecule has 1 aromatic heterocycles. The van der Waals surface area contributed by atoms with Crippen molar-refractivity contribution in [1.82, 2.24) is 14.5 Å². The van der Waals surface area contributed by atoms with Gasteiger partial charge in [0.05, 0.1) is 17.9 Å². The van der Waals surface area contributed by atoms with Gasteiger partial charge in [0.15, 0.2) is 5.69 Å². The van der Waals surface area contributed by atoms with Crippen LogP contribution in [0, 0.1) is 19.3 Å². The molecular weight excluding hydrogens is 383 g/mol. The van der Waals surface area contributed by atoms with Crippen molar-refractivity contribution in [2.24, 2.45) is 0 Å². The van der Waals surface area contributed by atoms with Gasteiger partial charge in [0.2, 0.25) is 0 Å². The Balaban J connectivity index is 2.01. The highest BCUT2D eigenvalue weighted by atomic mass is 32.2. The van der Waals surface area contributed by atoms with Gasteiger partial charge in [-0.05, 0) is 49.6 Å². The number of nitrogens with one attached hydrogen (secondary N) is 1. The minimum atomic E-state index is -4.52. The maximum Gasteiger partial charge on any atom is 0.435 e. The third kappa shape index (κ3) is 4.77. The zero-order valence-corrected chi connectivity index (χ0v) is 15.9. The molecule has 0 unspecified atom stereocenters. The van der Waals surface area contributed by atoms with Gasteiger partial charge < -0.3 is 0 Å². The predicted molar refractivity (Wildman–Crippen MR) is 108 cm³/mol. The number of halogens is 3. The highest BCUT2D eigenvalue weighted by Gasteiger charge is 2.35. The minimum absolute atomic E-state index is 0.387. The van der Waals surface area contributed by atoms with Gasteiger partial charge in [-0.1, -0.05) is 41.8 Å². The zero-order valence-electron chi connectivity index (χ0n) is 15.1. The normalized spacial score (nSPS) is 14.2. The molecule has 0 radical (unpaired) electrons. The molecule has 0 atom stereocenters. The van der Waals surface area contributed by atoms with E-state index in [0.717, 1.165) is 16.5 Å². The van der Waals surface area contributed by atoms with Gasteiger partial charge in [-0.3, -0.25) is 0 Å². The average Bonchev–Trinajstić information content (AvgIpc) is 2.97. The number of aromatic nitrogens is 2. The van der Waals surface area contributed by atoms with Gasteiger partial charge in [0.25, 0.3) is 0 Å². The minimum Gasteiger partial charge on any atom is -0.248 e. The first-order valence-electron chi connectivity index (χ1n) is 8.54. The molecule has 3 rings (SSSR count). The van der Waals surface area contributed by atoms with Crippen molar-refractivity contribution in [2.45, 2.75) is 19.5 Å². The zero-order chi connectivity index (χ0) is 20.1. The summed E-state index contributed by atoms with van der Waals surface area (Å²) in [4.78, 5) is 1.00. The number of benzene rings is 1. The molecule has 0 bridgehead atoms. The summed E-state index contributed by atoms with van der Waals surface area (Å²) in [5, 5.41) is 3.84. The van der Waals surface area contributed by atoms with E-state index in [2.05, 4.69) is 15.7 Å². The smallest absolute Gasteiger partial charge is 0.248 e. The van der Waals surface area contributed by atoms with Crippen molar-refractivity contribution in [2.75, 3.05) is 6.54 Å². The van der Waals surface area contributed by atoms with Crippen molar-refractivity contribution in [3.05, 3.63) is 70.8 Å². The van der Waals surface area contributed by atoms with Crippen LogP contribution in [-0.2, 0) is 6.18 Å². The molecule has 1 aliphatic rings. The molecule has 28 heavy (non-hydrogen) atoms. The lowest BCUT2D eigenvalue weighted by Gasteiger charge is -2.08. The van der Waals surface area contributed by atoms with Crippen molar-refractivity contribution < 1.29 is 13.2 Å². The average molecular weight is 401 g/mol. The Hall–Kier alpha value is -2.69. The van der Waals surface area contributed by atoms with Crippen LogP contribution in [0.15, 0.2) is 59.5 Å². The molecule has 0 amide bonds. The van der Waals surface area contributed by atoms with Crippen LogP contribution in [-0.4, -0.2) is 16.3 Å². The summed E-state index contributed by atoms with van der Waals surface area (Å²) in [6.07, 6.45) is 8.63. The number of nitrogens with zero attached hydrogens (tertiary/aromatic N) is 2. The van der Waals surface area contributed by atoms with Crippen molar-refractivity contribution in [3.8, 4) is 23.6 Å². The van der Waals surface area contributed by atoms with E-state index in [4.69, 9.17) is 6.42 Å². The molecule has 144 valence electrons. The molecule has 2 aromatic rings. The Morgan fingerprint density at radius 1 is 1.25 bits per heavy atom. The highest BCUT2D eigenvalue weighted by molar-refractivity contribution is 8.01. The Morgan fingerprint density at radius 2 is 2.00 bits per heavy atom. The van der Waals surface area contributed by atoms with Gasteiger partial charge in [-0.25, -0.2) is 9.40 Å². The van der Waals surface area contributed by atoms with Crippen LogP contribution in [0.1, 0.15) is 17.7 Å². The molecule has 7 heteroatoms. The van der Waals surface area contributed by atoms with E-state index >= 15 is 0 Å². The third-order valence-corrected chi connectivity index (χ3v) is 4.87. The first-order chi connectivity index (χ1) is 13.4. The summed E-state index contributed by atoms with van der Waals surface area (Å²) in [6.45, 7) is 2.35. The first kappa shape index (κ1) is 20.1. The number of terminal acetylenes is 1. The molecule has 3 nitrogen and oxygen atoms in total. The predicted octanol–water partition coefficient (Wildman–Crippen LogP) is 5.43. The SMILES string of the molecule is C#CCNSC1=CC=C(n2nc(C(F)(F)F)cc2-c2ccc(C)cc2)C=CC1. The largest absolute Gasteiger partial charge is 0.435 e. The highest BCUT2D eigenvalue weighted by Crippen LogP contribution is 2.34. The molecule has 0 saturated carbocycles. The van der Waals surface area contributed by atoms with Crippen LogP contribution in [0.2, 0.25) is 0 Å². The second-order valence-electron chi connectivity index (χ2n) is 6.15. The third-order valence-electron chi connectivity index (χ3n) is 4.02. The second kappa shape index (κ2) is 8.55. The van der Waals surface area contributed by atoms with Gasteiger partial charge in [0.1, 0.15) is 0 Å². The Kier molecular flexibility index (Phi) is 6.12. The van der Waals surface area contributed by atoms with E-state index in [9.17, 15) is 13.2 Å². The molecule has 1 N–H and O–H groups in total. The number of aryl methyl sites for hydroxylation is 1. The molecule has 1 aromatic carbocycles. The lowest BCUT2D eigenvalue weighted by Crippen LogP contribution is -2.07. The maximum absolute atomic E-state index is 13.3. The van der Waals surface area contributed by atoms with Crippen molar-refractivity contribution in [1.29, 1.82) is 0 Å². The first-order valence-corrected chi connectivity index (χ1v) is 9.35. The molecule has 0 spiro atoms. The Bertz CT molecular complexity index is 974. The summed E-state index contributed by atoms with van der Waals surface area (Å²) in [7, 11) is 0. The second-order valence-corrected chi connectivity index (χ2v) is 7.17. The number of alkyl halides is 3. The summed E-state index contributed by atoms with van der Waals surface area (Å²) in [6, 6.07) is 8.40. The van der Waals surface area contributed by atoms with E-state index < -0.39 is 11.9 Å². The fourth-order valence-electron chi connectivity index (χ4n) is 2.63. The number of hydrogen-bond donors (Lipinski definition) is 1. The maximum atomic E-state index is 13.3. The monoisotopic (exact) mass is 401 g/mol. The fraction of sp³-hybridized carbons (Fsp3) is 0.190. The Morgan fingerprint density at radius 3 is 2.68 bits per heavy atom. The van der Waals surface area contributed by atoms with Crippen molar-refractivity contribution >= 4 is 17.6 Å². The van der Waals surface area contributed by atoms with E-state index in [1.807, 2.05) is 31.2 Å². The summed E-state index contributed by atoms with van der Waals surface area (Å²) >= 11 is 1.41. The van der Waals surface area contributed by atoms with Crippen LogP contribution in [0.5, 0.6) is 0 Å². The molecular formula is C21H18F3N3S. The van der Waals surface area contributed by atoms with Crippen LogP contribution in [0.4, 0.5) is 13.2 Å². The van der Waals surface area contributed by atoms with E-state index in [1.54, 1.807) is 24.3 Å². The molecule has 1 heterocycles. The number of hydrogen-bond acceptors (Lipinski definition) is 3. The quantitative estimate of drug-likeness (QED) is 0.411. The molecule has 0 saturated heterocycles. The topological polar surface area (TPSA) is 29.9 Å². The van der Waals surface area contributed by atoms with Crippen LogP contribution < -0.4 is 4.72 Å². The van der Waals surface area contributed by atoms with Gasteiger partial charge in [0, 0.05) is 10.5 Å². The van der Waals surface area contributed by atoms with Crippen LogP contribution in [0.25, 0.3) is 17.0 Å². The Labute approximate surface area is 166 Å². The number of rotatable bonds is 5. The van der Waals surface area contributed by atoms with Crippen LogP contribution >= 0.6 is 11.9 Å². The van der Waals surface area contributed by atoms with Gasteiger partial charge in [-0.2, -0.15) is 18.3 Å².